The second kappa shape index (κ2) is 9.90. The molecule has 1 saturated heterocycles. The van der Waals surface area contributed by atoms with Crippen molar-refractivity contribution in [3.63, 3.8) is 0 Å². The van der Waals surface area contributed by atoms with Gasteiger partial charge in [-0.25, -0.2) is 4.39 Å². The van der Waals surface area contributed by atoms with E-state index < -0.39 is 0 Å². The lowest BCUT2D eigenvalue weighted by molar-refractivity contribution is -0.117. The Morgan fingerprint density at radius 1 is 0.900 bits per heavy atom. The van der Waals surface area contributed by atoms with Crippen molar-refractivity contribution in [1.29, 1.82) is 0 Å². The van der Waals surface area contributed by atoms with Crippen LogP contribution in [-0.2, 0) is 17.9 Å². The Labute approximate surface area is 178 Å². The number of nitrogens with zero attached hydrogens (tertiary/aromatic N) is 2. The van der Waals surface area contributed by atoms with Gasteiger partial charge in [0, 0.05) is 50.5 Å². The van der Waals surface area contributed by atoms with E-state index >= 15 is 0 Å². The fourth-order valence-electron chi connectivity index (χ4n) is 4.18. The molecule has 0 bridgehead atoms. The number of piperidine rings is 1. The SMILES string of the molecule is O=C(NCc1ccc(N2CCCCC2)cc1)C1=CCN(Cc2ccc(F)cc2)CC1. The third kappa shape index (κ3) is 5.48. The van der Waals surface area contributed by atoms with E-state index in [1.807, 2.05) is 18.2 Å². The number of carbonyl (C=O) groups is 1. The Morgan fingerprint density at radius 2 is 1.60 bits per heavy atom. The standard InChI is InChI=1S/C25H30FN3O/c26-23-8-4-21(5-9-23)19-28-16-12-22(13-17-28)25(30)27-18-20-6-10-24(11-7-20)29-14-2-1-3-15-29/h4-12H,1-3,13-19H2,(H,27,30). The number of nitrogens with one attached hydrogen (secondary N) is 1. The molecule has 0 aromatic heterocycles. The lowest BCUT2D eigenvalue weighted by atomic mass is 10.1. The molecule has 2 aliphatic heterocycles. The normalized spacial score (nSPS) is 17.5. The van der Waals surface area contributed by atoms with E-state index in [1.54, 1.807) is 0 Å². The summed E-state index contributed by atoms with van der Waals surface area (Å²) in [7, 11) is 0. The monoisotopic (exact) mass is 407 g/mol. The molecular weight excluding hydrogens is 377 g/mol. The van der Waals surface area contributed by atoms with Crippen molar-refractivity contribution in [3.05, 3.63) is 77.1 Å². The summed E-state index contributed by atoms with van der Waals surface area (Å²) >= 11 is 0. The Bertz CT molecular complexity index is 870. The fourth-order valence-corrected chi connectivity index (χ4v) is 4.18. The number of hydrogen-bond acceptors (Lipinski definition) is 3. The van der Waals surface area contributed by atoms with Gasteiger partial charge in [-0.05, 0) is 61.1 Å². The van der Waals surface area contributed by atoms with E-state index in [-0.39, 0.29) is 11.7 Å². The third-order valence-corrected chi connectivity index (χ3v) is 6.01. The van der Waals surface area contributed by atoms with Gasteiger partial charge in [0.25, 0.3) is 0 Å². The number of amides is 1. The minimum Gasteiger partial charge on any atom is -0.372 e. The first-order chi connectivity index (χ1) is 14.7. The number of anilines is 1. The van der Waals surface area contributed by atoms with Crippen LogP contribution in [0.3, 0.4) is 0 Å². The van der Waals surface area contributed by atoms with Crippen LogP contribution >= 0.6 is 0 Å². The van der Waals surface area contributed by atoms with Gasteiger partial charge in [-0.1, -0.05) is 30.3 Å². The molecule has 0 atom stereocenters. The molecule has 0 saturated carbocycles. The summed E-state index contributed by atoms with van der Waals surface area (Å²) in [5.74, 6) is -0.186. The van der Waals surface area contributed by atoms with E-state index in [2.05, 4.69) is 39.4 Å². The van der Waals surface area contributed by atoms with Gasteiger partial charge in [0.15, 0.2) is 0 Å². The molecule has 1 amide bonds. The molecule has 0 aliphatic carbocycles. The van der Waals surface area contributed by atoms with Gasteiger partial charge in [0.2, 0.25) is 5.91 Å². The predicted molar refractivity (Wildman–Crippen MR) is 119 cm³/mol. The first-order valence-electron chi connectivity index (χ1n) is 11.0. The molecule has 0 radical (unpaired) electrons. The molecule has 1 fully saturated rings. The topological polar surface area (TPSA) is 35.6 Å². The second-order valence-electron chi connectivity index (χ2n) is 8.24. The largest absolute Gasteiger partial charge is 0.372 e. The number of carbonyl (C=O) groups excluding carboxylic acids is 1. The maximum atomic E-state index is 13.0. The zero-order valence-corrected chi connectivity index (χ0v) is 17.4. The van der Waals surface area contributed by atoms with Crippen molar-refractivity contribution in [2.24, 2.45) is 0 Å². The third-order valence-electron chi connectivity index (χ3n) is 6.01. The lowest BCUT2D eigenvalue weighted by Gasteiger charge is -2.29. The highest BCUT2D eigenvalue weighted by molar-refractivity contribution is 5.93. The van der Waals surface area contributed by atoms with Crippen molar-refractivity contribution in [1.82, 2.24) is 10.2 Å². The van der Waals surface area contributed by atoms with E-state index in [1.165, 1.54) is 37.1 Å². The molecule has 1 N–H and O–H groups in total. The quantitative estimate of drug-likeness (QED) is 0.777. The molecule has 30 heavy (non-hydrogen) atoms. The summed E-state index contributed by atoms with van der Waals surface area (Å²) < 4.78 is 13.0. The molecule has 5 heteroatoms. The summed E-state index contributed by atoms with van der Waals surface area (Å²) in [5.41, 5.74) is 4.35. The van der Waals surface area contributed by atoms with E-state index in [4.69, 9.17) is 0 Å². The summed E-state index contributed by atoms with van der Waals surface area (Å²) in [6.45, 7) is 5.18. The highest BCUT2D eigenvalue weighted by atomic mass is 19.1. The molecular formula is C25H30FN3O. The van der Waals surface area contributed by atoms with Crippen molar-refractivity contribution in [2.75, 3.05) is 31.1 Å². The molecule has 0 spiro atoms. The summed E-state index contributed by atoms with van der Waals surface area (Å²) in [6.07, 6.45) is 6.63. The number of hydrogen-bond donors (Lipinski definition) is 1. The number of halogens is 1. The Balaban J connectivity index is 1.24. The average Bonchev–Trinajstić information content (AvgIpc) is 2.80. The minimum absolute atomic E-state index is 0.0246. The van der Waals surface area contributed by atoms with Gasteiger partial charge < -0.3 is 10.2 Å². The van der Waals surface area contributed by atoms with Crippen LogP contribution in [0.1, 0.15) is 36.8 Å². The summed E-state index contributed by atoms with van der Waals surface area (Å²) in [4.78, 5) is 17.2. The van der Waals surface area contributed by atoms with Gasteiger partial charge in [-0.3, -0.25) is 9.69 Å². The van der Waals surface area contributed by atoms with Crippen LogP contribution in [0.2, 0.25) is 0 Å². The average molecular weight is 408 g/mol. The maximum absolute atomic E-state index is 13.0. The van der Waals surface area contributed by atoms with Crippen LogP contribution in [0.4, 0.5) is 10.1 Å². The highest BCUT2D eigenvalue weighted by Crippen LogP contribution is 2.20. The zero-order valence-electron chi connectivity index (χ0n) is 17.4. The Hall–Kier alpha value is -2.66. The number of rotatable bonds is 6. The summed E-state index contributed by atoms with van der Waals surface area (Å²) in [5, 5.41) is 3.06. The van der Waals surface area contributed by atoms with Gasteiger partial charge >= 0.3 is 0 Å². The molecule has 2 heterocycles. The van der Waals surface area contributed by atoms with E-state index in [9.17, 15) is 9.18 Å². The maximum Gasteiger partial charge on any atom is 0.247 e. The van der Waals surface area contributed by atoms with Gasteiger partial charge in [0.1, 0.15) is 5.82 Å². The van der Waals surface area contributed by atoms with Crippen LogP contribution in [0.15, 0.2) is 60.2 Å². The Kier molecular flexibility index (Phi) is 6.80. The molecule has 2 aromatic carbocycles. The van der Waals surface area contributed by atoms with E-state index in [0.29, 0.717) is 6.54 Å². The predicted octanol–water partition coefficient (Wildman–Crippen LogP) is 4.26. The molecule has 4 rings (SSSR count). The van der Waals surface area contributed by atoms with Crippen LogP contribution in [0, 0.1) is 5.82 Å². The van der Waals surface area contributed by atoms with Gasteiger partial charge in [-0.15, -0.1) is 0 Å². The second-order valence-corrected chi connectivity index (χ2v) is 8.24. The smallest absolute Gasteiger partial charge is 0.247 e. The minimum atomic E-state index is -0.211. The molecule has 158 valence electrons. The number of benzene rings is 2. The van der Waals surface area contributed by atoms with Gasteiger partial charge in [0.05, 0.1) is 0 Å². The van der Waals surface area contributed by atoms with Crippen LogP contribution < -0.4 is 10.2 Å². The van der Waals surface area contributed by atoms with Crippen LogP contribution in [0.5, 0.6) is 0 Å². The first kappa shape index (κ1) is 20.6. The molecule has 4 nitrogen and oxygen atoms in total. The van der Waals surface area contributed by atoms with Crippen molar-refractivity contribution in [3.8, 4) is 0 Å². The zero-order chi connectivity index (χ0) is 20.8. The van der Waals surface area contributed by atoms with Crippen molar-refractivity contribution in [2.45, 2.75) is 38.8 Å². The van der Waals surface area contributed by atoms with Crippen molar-refractivity contribution < 1.29 is 9.18 Å². The Morgan fingerprint density at radius 3 is 2.27 bits per heavy atom. The van der Waals surface area contributed by atoms with Crippen LogP contribution in [0.25, 0.3) is 0 Å². The molecule has 0 unspecified atom stereocenters. The summed E-state index contributed by atoms with van der Waals surface area (Å²) in [6, 6.07) is 15.2. The van der Waals surface area contributed by atoms with Crippen LogP contribution in [-0.4, -0.2) is 37.0 Å². The first-order valence-corrected chi connectivity index (χ1v) is 11.0. The lowest BCUT2D eigenvalue weighted by Crippen LogP contribution is -2.33. The van der Waals surface area contributed by atoms with Gasteiger partial charge in [-0.2, -0.15) is 0 Å². The van der Waals surface area contributed by atoms with Crippen molar-refractivity contribution >= 4 is 11.6 Å². The molecule has 2 aromatic rings. The van der Waals surface area contributed by atoms with E-state index in [0.717, 1.165) is 55.8 Å². The fraction of sp³-hybridized carbons (Fsp3) is 0.400. The highest BCUT2D eigenvalue weighted by Gasteiger charge is 2.17. The molecule has 2 aliphatic rings.